The Balaban J connectivity index is 1.64. The van der Waals surface area contributed by atoms with E-state index >= 15 is 0 Å². The maximum absolute atomic E-state index is 12.3. The Bertz CT molecular complexity index is 1190. The maximum atomic E-state index is 12.3. The average molecular weight is 536 g/mol. The molecule has 0 aliphatic rings. The minimum Gasteiger partial charge on any atom is -0.477 e. The molecule has 176 valence electrons. The number of hydrogen-bond acceptors (Lipinski definition) is 4. The second-order valence-electron chi connectivity index (χ2n) is 6.88. The lowest BCUT2D eigenvalue weighted by Gasteiger charge is -2.10. The number of rotatable bonds is 8. The summed E-state index contributed by atoms with van der Waals surface area (Å²) in [4.78, 5) is 23.8. The molecule has 0 bridgehead atoms. The third-order valence-electron chi connectivity index (χ3n) is 4.28. The van der Waals surface area contributed by atoms with Crippen LogP contribution >= 0.6 is 15.9 Å². The van der Waals surface area contributed by atoms with Gasteiger partial charge in [0.1, 0.15) is 22.9 Å². The van der Waals surface area contributed by atoms with Crippen LogP contribution in [0.1, 0.15) is 11.1 Å². The lowest BCUT2D eigenvalue weighted by Crippen LogP contribution is -2.28. The summed E-state index contributed by atoms with van der Waals surface area (Å²) in [6.07, 6.45) is -3.78. The Kier molecular flexibility index (Phi) is 7.95. The Morgan fingerprint density at radius 1 is 0.941 bits per heavy atom. The molecule has 0 saturated heterocycles. The summed E-state index contributed by atoms with van der Waals surface area (Å²) >= 11 is 3.39. The van der Waals surface area contributed by atoms with Crippen LogP contribution in [0.5, 0.6) is 17.2 Å². The number of carbonyl (C=O) groups is 2. The maximum Gasteiger partial charge on any atom is 0.573 e. The van der Waals surface area contributed by atoms with E-state index in [-0.39, 0.29) is 12.1 Å². The number of halogens is 4. The first-order valence-corrected chi connectivity index (χ1v) is 10.5. The zero-order valence-electron chi connectivity index (χ0n) is 17.3. The third kappa shape index (κ3) is 7.66. The van der Waals surface area contributed by atoms with Crippen LogP contribution in [0, 0.1) is 0 Å². The molecule has 1 amide bonds. The van der Waals surface area contributed by atoms with Crippen LogP contribution in [0.4, 0.5) is 13.2 Å². The second-order valence-corrected chi connectivity index (χ2v) is 7.74. The number of amides is 1. The molecule has 10 heteroatoms. The normalized spacial score (nSPS) is 11.6. The van der Waals surface area contributed by atoms with Gasteiger partial charge in [0.15, 0.2) is 0 Å². The largest absolute Gasteiger partial charge is 0.573 e. The molecule has 0 spiro atoms. The van der Waals surface area contributed by atoms with Gasteiger partial charge in [-0.15, -0.1) is 13.2 Å². The lowest BCUT2D eigenvalue weighted by molar-refractivity contribution is -0.274. The number of carboxylic acids is 1. The molecule has 0 fully saturated rings. The van der Waals surface area contributed by atoms with Crippen LogP contribution in [-0.2, 0) is 16.0 Å². The fourth-order valence-corrected chi connectivity index (χ4v) is 3.16. The van der Waals surface area contributed by atoms with Gasteiger partial charge < -0.3 is 19.9 Å². The standard InChI is InChI=1S/C24H17BrF3NO5/c25-19-3-1-2-4-21(19)33-17-9-5-15(6-10-17)13-20(23(31)32)29-22(30)14-16-7-11-18(12-8-16)34-24(26,27)28/h1-13H,14H2,(H,29,30)(H,31,32). The van der Waals surface area contributed by atoms with E-state index in [4.69, 9.17) is 4.74 Å². The zero-order valence-corrected chi connectivity index (χ0v) is 18.9. The van der Waals surface area contributed by atoms with E-state index in [1.54, 1.807) is 30.3 Å². The van der Waals surface area contributed by atoms with Gasteiger partial charge in [-0.05, 0) is 69.5 Å². The average Bonchev–Trinajstić information content (AvgIpc) is 2.76. The molecule has 0 aromatic heterocycles. The fraction of sp³-hybridized carbons (Fsp3) is 0.0833. The van der Waals surface area contributed by atoms with Crippen molar-refractivity contribution >= 4 is 33.9 Å². The SMILES string of the molecule is O=C(Cc1ccc(OC(F)(F)F)cc1)NC(=Cc1ccc(Oc2ccccc2Br)cc1)C(=O)O. The Morgan fingerprint density at radius 3 is 2.15 bits per heavy atom. The van der Waals surface area contributed by atoms with Crippen molar-refractivity contribution in [2.24, 2.45) is 0 Å². The van der Waals surface area contributed by atoms with E-state index in [1.165, 1.54) is 18.2 Å². The summed E-state index contributed by atoms with van der Waals surface area (Å²) in [5.41, 5.74) is 0.526. The van der Waals surface area contributed by atoms with Crippen LogP contribution < -0.4 is 14.8 Å². The number of carboxylic acid groups (broad SMARTS) is 1. The molecule has 0 heterocycles. The Labute approximate surface area is 200 Å². The van der Waals surface area contributed by atoms with E-state index in [0.29, 0.717) is 22.6 Å². The summed E-state index contributed by atoms with van der Waals surface area (Å²) in [5, 5.41) is 11.7. The van der Waals surface area contributed by atoms with Gasteiger partial charge in [0.05, 0.1) is 10.9 Å². The molecule has 0 unspecified atom stereocenters. The van der Waals surface area contributed by atoms with Crippen molar-refractivity contribution in [2.75, 3.05) is 0 Å². The Morgan fingerprint density at radius 2 is 1.56 bits per heavy atom. The van der Waals surface area contributed by atoms with Gasteiger partial charge in [0, 0.05) is 0 Å². The smallest absolute Gasteiger partial charge is 0.477 e. The second kappa shape index (κ2) is 10.9. The molecule has 3 aromatic carbocycles. The quantitative estimate of drug-likeness (QED) is 0.349. The van der Waals surface area contributed by atoms with E-state index in [0.717, 1.165) is 16.6 Å². The molecule has 3 aromatic rings. The summed E-state index contributed by atoms with van der Waals surface area (Å²) in [7, 11) is 0. The van der Waals surface area contributed by atoms with Gasteiger partial charge in [0.2, 0.25) is 5.91 Å². The molecule has 34 heavy (non-hydrogen) atoms. The van der Waals surface area contributed by atoms with Crippen LogP contribution in [0.25, 0.3) is 6.08 Å². The number of para-hydroxylation sites is 1. The van der Waals surface area contributed by atoms with E-state index in [2.05, 4.69) is 26.0 Å². The first-order valence-electron chi connectivity index (χ1n) is 9.71. The monoisotopic (exact) mass is 535 g/mol. The highest BCUT2D eigenvalue weighted by atomic mass is 79.9. The van der Waals surface area contributed by atoms with E-state index < -0.39 is 24.0 Å². The molecule has 3 rings (SSSR count). The number of ether oxygens (including phenoxy) is 2. The number of benzene rings is 3. The van der Waals surface area contributed by atoms with Crippen molar-refractivity contribution in [2.45, 2.75) is 12.8 Å². The van der Waals surface area contributed by atoms with Crippen molar-refractivity contribution in [3.63, 3.8) is 0 Å². The van der Waals surface area contributed by atoms with E-state index in [1.807, 2.05) is 18.2 Å². The van der Waals surface area contributed by atoms with E-state index in [9.17, 15) is 27.9 Å². The first-order chi connectivity index (χ1) is 16.1. The predicted octanol–water partition coefficient (Wildman–Crippen LogP) is 5.92. The van der Waals surface area contributed by atoms with Gasteiger partial charge in [-0.2, -0.15) is 0 Å². The Hall–Kier alpha value is -3.79. The molecule has 0 aliphatic carbocycles. The predicted molar refractivity (Wildman–Crippen MR) is 121 cm³/mol. The van der Waals surface area contributed by atoms with Crippen LogP contribution in [0.2, 0.25) is 0 Å². The topological polar surface area (TPSA) is 84.9 Å². The third-order valence-corrected chi connectivity index (χ3v) is 4.94. The molecular formula is C24H17BrF3NO5. The highest BCUT2D eigenvalue weighted by Gasteiger charge is 2.31. The molecule has 2 N–H and O–H groups in total. The van der Waals surface area contributed by atoms with Crippen molar-refractivity contribution < 1.29 is 37.3 Å². The van der Waals surface area contributed by atoms with Crippen molar-refractivity contribution in [1.82, 2.24) is 5.32 Å². The molecule has 0 radical (unpaired) electrons. The van der Waals surface area contributed by atoms with Gasteiger partial charge in [0.25, 0.3) is 0 Å². The number of alkyl halides is 3. The number of hydrogen-bond donors (Lipinski definition) is 2. The zero-order chi connectivity index (χ0) is 24.7. The van der Waals surface area contributed by atoms with Crippen molar-refractivity contribution in [3.05, 3.63) is 94.1 Å². The van der Waals surface area contributed by atoms with Gasteiger partial charge >= 0.3 is 12.3 Å². The molecule has 0 atom stereocenters. The molecule has 0 aliphatic heterocycles. The lowest BCUT2D eigenvalue weighted by atomic mass is 10.1. The fourth-order valence-electron chi connectivity index (χ4n) is 2.79. The van der Waals surface area contributed by atoms with Gasteiger partial charge in [-0.25, -0.2) is 4.79 Å². The highest BCUT2D eigenvalue weighted by Crippen LogP contribution is 2.29. The van der Waals surface area contributed by atoms with Crippen molar-refractivity contribution in [1.29, 1.82) is 0 Å². The van der Waals surface area contributed by atoms with Crippen molar-refractivity contribution in [3.8, 4) is 17.2 Å². The van der Waals surface area contributed by atoms with Gasteiger partial charge in [-0.1, -0.05) is 36.4 Å². The number of nitrogens with one attached hydrogen (secondary N) is 1. The highest BCUT2D eigenvalue weighted by molar-refractivity contribution is 9.10. The van der Waals surface area contributed by atoms with Crippen LogP contribution in [-0.4, -0.2) is 23.3 Å². The summed E-state index contributed by atoms with van der Waals surface area (Å²) in [6, 6.07) is 18.6. The minimum atomic E-state index is -4.82. The first kappa shape index (κ1) is 24.8. The summed E-state index contributed by atoms with van der Waals surface area (Å²) < 4.78 is 47.0. The molecular weight excluding hydrogens is 519 g/mol. The minimum absolute atomic E-state index is 0.240. The molecule has 6 nitrogen and oxygen atoms in total. The number of carbonyl (C=O) groups excluding carboxylic acids is 1. The number of aliphatic carboxylic acids is 1. The van der Waals surface area contributed by atoms with Gasteiger partial charge in [-0.3, -0.25) is 4.79 Å². The van der Waals surface area contributed by atoms with Crippen LogP contribution in [0.3, 0.4) is 0 Å². The molecule has 0 saturated carbocycles. The summed E-state index contributed by atoms with van der Waals surface area (Å²) in [5.74, 6) is -1.28. The summed E-state index contributed by atoms with van der Waals surface area (Å²) in [6.45, 7) is 0. The van der Waals surface area contributed by atoms with Crippen LogP contribution in [0.15, 0.2) is 83.0 Å².